The number of hydrogen-bond donors (Lipinski definition) is 2. The Labute approximate surface area is 198 Å². The highest BCUT2D eigenvalue weighted by atomic mass is 127. The Morgan fingerprint density at radius 3 is 2.48 bits per heavy atom. The van der Waals surface area contributed by atoms with Crippen LogP contribution in [0.15, 0.2) is 29.3 Å². The molecule has 10 heteroatoms. The summed E-state index contributed by atoms with van der Waals surface area (Å²) in [5.74, 6) is 0.329. The Morgan fingerprint density at radius 1 is 1.13 bits per heavy atom. The van der Waals surface area contributed by atoms with Crippen LogP contribution in [0.4, 0.5) is 13.2 Å². The maximum atomic E-state index is 13.2. The number of aliphatic imine (C=N–C) groups is 1. The quantitative estimate of drug-likeness (QED) is 0.234. The molecule has 0 unspecified atom stereocenters. The molecule has 0 atom stereocenters. The first-order valence-electron chi connectivity index (χ1n) is 10.5. The molecule has 3 rings (SSSR count). The van der Waals surface area contributed by atoms with E-state index in [4.69, 9.17) is 15.2 Å². The number of alkyl halides is 3. The third kappa shape index (κ3) is 7.76. The van der Waals surface area contributed by atoms with Crippen molar-refractivity contribution in [3.8, 4) is 0 Å². The molecular weight excluding hydrogens is 524 g/mol. The van der Waals surface area contributed by atoms with Crippen molar-refractivity contribution < 1.29 is 22.6 Å². The molecule has 1 aromatic carbocycles. The van der Waals surface area contributed by atoms with Crippen LogP contribution in [-0.4, -0.2) is 70.0 Å². The molecule has 0 bridgehead atoms. The standard InChI is InChI=1S/C21H31F3N4O2.HI/c22-21(23,24)18-4-1-3-17(15-18)20(5-11-29-12-6-20)16-27-19(25)26-7-2-8-28-9-13-30-14-10-28;/h1,3-4,15H,2,5-14,16H2,(H3,25,26,27);1H. The zero-order valence-corrected chi connectivity index (χ0v) is 20.0. The lowest BCUT2D eigenvalue weighted by atomic mass is 9.74. The summed E-state index contributed by atoms with van der Waals surface area (Å²) in [5, 5.41) is 3.12. The molecule has 0 aromatic heterocycles. The first-order valence-corrected chi connectivity index (χ1v) is 10.5. The number of ether oxygens (including phenoxy) is 2. The van der Waals surface area contributed by atoms with Crippen LogP contribution in [-0.2, 0) is 21.1 Å². The van der Waals surface area contributed by atoms with E-state index in [-0.39, 0.29) is 24.0 Å². The summed E-state index contributed by atoms with van der Waals surface area (Å²) in [7, 11) is 0. The van der Waals surface area contributed by atoms with Gasteiger partial charge < -0.3 is 20.5 Å². The third-order valence-corrected chi connectivity index (χ3v) is 5.87. The molecule has 2 saturated heterocycles. The highest BCUT2D eigenvalue weighted by molar-refractivity contribution is 14.0. The molecule has 0 saturated carbocycles. The minimum absolute atomic E-state index is 0. The molecule has 2 fully saturated rings. The first-order chi connectivity index (χ1) is 14.4. The van der Waals surface area contributed by atoms with E-state index in [0.29, 0.717) is 50.7 Å². The maximum Gasteiger partial charge on any atom is 0.416 e. The number of nitrogens with zero attached hydrogens (tertiary/aromatic N) is 2. The predicted octanol–water partition coefficient (Wildman–Crippen LogP) is 3.00. The van der Waals surface area contributed by atoms with E-state index in [1.54, 1.807) is 6.07 Å². The number of guanidine groups is 1. The van der Waals surface area contributed by atoms with E-state index in [1.807, 2.05) is 0 Å². The monoisotopic (exact) mass is 556 g/mol. The van der Waals surface area contributed by atoms with Gasteiger partial charge in [-0.3, -0.25) is 9.89 Å². The van der Waals surface area contributed by atoms with Gasteiger partial charge in [-0.25, -0.2) is 0 Å². The van der Waals surface area contributed by atoms with Gasteiger partial charge in [-0.15, -0.1) is 24.0 Å². The van der Waals surface area contributed by atoms with Gasteiger partial charge in [-0.1, -0.05) is 18.2 Å². The van der Waals surface area contributed by atoms with Gasteiger partial charge in [0, 0.05) is 38.3 Å². The zero-order chi connectivity index (χ0) is 21.5. The van der Waals surface area contributed by atoms with Crippen molar-refractivity contribution in [1.82, 2.24) is 10.2 Å². The lowest BCUT2D eigenvalue weighted by Gasteiger charge is -2.37. The molecule has 0 aliphatic carbocycles. The number of morpholine rings is 1. The van der Waals surface area contributed by atoms with Crippen LogP contribution in [0, 0.1) is 0 Å². The van der Waals surface area contributed by atoms with Crippen LogP contribution >= 0.6 is 24.0 Å². The van der Waals surface area contributed by atoms with Crippen molar-refractivity contribution >= 4 is 29.9 Å². The predicted molar refractivity (Wildman–Crippen MR) is 125 cm³/mol. The van der Waals surface area contributed by atoms with Gasteiger partial charge in [-0.05, 0) is 37.4 Å². The fourth-order valence-electron chi connectivity index (χ4n) is 3.96. The molecule has 3 N–H and O–H groups in total. The van der Waals surface area contributed by atoms with Crippen LogP contribution in [0.5, 0.6) is 0 Å². The molecule has 0 radical (unpaired) electrons. The van der Waals surface area contributed by atoms with Crippen LogP contribution < -0.4 is 11.1 Å². The summed E-state index contributed by atoms with van der Waals surface area (Å²) < 4.78 is 50.4. The lowest BCUT2D eigenvalue weighted by Crippen LogP contribution is -2.40. The highest BCUT2D eigenvalue weighted by Gasteiger charge is 2.37. The van der Waals surface area contributed by atoms with Crippen LogP contribution in [0.2, 0.25) is 0 Å². The van der Waals surface area contributed by atoms with Crippen molar-refractivity contribution in [2.45, 2.75) is 30.9 Å². The van der Waals surface area contributed by atoms with Gasteiger partial charge >= 0.3 is 6.18 Å². The normalized spacial score (nSPS) is 20.2. The largest absolute Gasteiger partial charge is 0.416 e. The molecular formula is C21H32F3IN4O2. The summed E-state index contributed by atoms with van der Waals surface area (Å²) in [4.78, 5) is 6.84. The number of nitrogens with two attached hydrogens (primary N) is 1. The zero-order valence-electron chi connectivity index (χ0n) is 17.6. The van der Waals surface area contributed by atoms with Crippen LogP contribution in [0.3, 0.4) is 0 Å². The molecule has 0 spiro atoms. The van der Waals surface area contributed by atoms with Crippen LogP contribution in [0.25, 0.3) is 0 Å². The number of rotatable bonds is 7. The third-order valence-electron chi connectivity index (χ3n) is 5.87. The SMILES string of the molecule is I.NC(=NCC1(c2cccc(C(F)(F)F)c2)CCOCC1)NCCCN1CCOCC1. The average molecular weight is 556 g/mol. The molecule has 0 amide bonds. The van der Waals surface area contributed by atoms with E-state index in [0.717, 1.165) is 45.3 Å². The first kappa shape index (κ1) is 26.1. The second-order valence-corrected chi connectivity index (χ2v) is 7.91. The van der Waals surface area contributed by atoms with E-state index in [1.165, 1.54) is 12.1 Å². The Morgan fingerprint density at radius 2 is 1.81 bits per heavy atom. The number of halogens is 4. The van der Waals surface area contributed by atoms with Crippen LogP contribution in [0.1, 0.15) is 30.4 Å². The van der Waals surface area contributed by atoms with E-state index >= 15 is 0 Å². The van der Waals surface area contributed by atoms with Gasteiger partial charge in [0.15, 0.2) is 5.96 Å². The summed E-state index contributed by atoms with van der Waals surface area (Å²) in [6, 6.07) is 5.56. The van der Waals surface area contributed by atoms with Crippen molar-refractivity contribution in [2.24, 2.45) is 10.7 Å². The summed E-state index contributed by atoms with van der Waals surface area (Å²) in [5.41, 5.74) is 5.55. The van der Waals surface area contributed by atoms with E-state index < -0.39 is 17.2 Å². The van der Waals surface area contributed by atoms with Gasteiger partial charge in [0.2, 0.25) is 0 Å². The Hall–Kier alpha value is -1.11. The number of benzene rings is 1. The molecule has 2 heterocycles. The van der Waals surface area contributed by atoms with Crippen molar-refractivity contribution in [2.75, 3.05) is 59.2 Å². The van der Waals surface area contributed by atoms with Gasteiger partial charge in [0.25, 0.3) is 0 Å². The van der Waals surface area contributed by atoms with Crippen molar-refractivity contribution in [3.05, 3.63) is 35.4 Å². The van der Waals surface area contributed by atoms with Gasteiger partial charge in [0.05, 0.1) is 25.3 Å². The second kappa shape index (κ2) is 12.2. The smallest absolute Gasteiger partial charge is 0.381 e. The molecule has 31 heavy (non-hydrogen) atoms. The summed E-state index contributed by atoms with van der Waals surface area (Å²) in [6.07, 6.45) is -2.21. The lowest BCUT2D eigenvalue weighted by molar-refractivity contribution is -0.137. The fraction of sp³-hybridized carbons (Fsp3) is 0.667. The second-order valence-electron chi connectivity index (χ2n) is 7.91. The summed E-state index contributed by atoms with van der Waals surface area (Å²) in [6.45, 7) is 6.45. The van der Waals surface area contributed by atoms with Gasteiger partial charge in [-0.2, -0.15) is 13.2 Å². The molecule has 2 aliphatic rings. The van der Waals surface area contributed by atoms with E-state index in [2.05, 4.69) is 15.2 Å². The minimum Gasteiger partial charge on any atom is -0.381 e. The Balaban J connectivity index is 0.00000341. The Kier molecular flexibility index (Phi) is 10.3. The van der Waals surface area contributed by atoms with Crippen molar-refractivity contribution in [3.63, 3.8) is 0 Å². The molecule has 2 aliphatic heterocycles. The maximum absolute atomic E-state index is 13.2. The topological polar surface area (TPSA) is 72.1 Å². The molecule has 1 aromatic rings. The molecule has 176 valence electrons. The minimum atomic E-state index is -4.37. The Bertz CT molecular complexity index is 706. The average Bonchev–Trinajstić information content (AvgIpc) is 2.76. The number of nitrogens with one attached hydrogen (secondary N) is 1. The number of hydrogen-bond acceptors (Lipinski definition) is 4. The highest BCUT2D eigenvalue weighted by Crippen LogP contribution is 2.38. The van der Waals surface area contributed by atoms with Gasteiger partial charge in [0.1, 0.15) is 0 Å². The molecule has 6 nitrogen and oxygen atoms in total. The fourth-order valence-corrected chi connectivity index (χ4v) is 3.96. The summed E-state index contributed by atoms with van der Waals surface area (Å²) >= 11 is 0. The van der Waals surface area contributed by atoms with Crippen molar-refractivity contribution in [1.29, 1.82) is 0 Å². The van der Waals surface area contributed by atoms with E-state index in [9.17, 15) is 13.2 Å².